The van der Waals surface area contributed by atoms with Gasteiger partial charge in [-0.2, -0.15) is 5.10 Å². The minimum Gasteiger partial charge on any atom is -0.477 e. The van der Waals surface area contributed by atoms with Crippen molar-refractivity contribution in [3.8, 4) is 0 Å². The smallest absolute Gasteiger partial charge is 0.352 e. The molecule has 1 saturated heterocycles. The van der Waals surface area contributed by atoms with Crippen LogP contribution in [0.1, 0.15) is 19.9 Å². The molecule has 30 heavy (non-hydrogen) atoms. The van der Waals surface area contributed by atoms with Crippen LogP contribution in [-0.4, -0.2) is 72.2 Å². The summed E-state index contributed by atoms with van der Waals surface area (Å²) in [4.78, 5) is 58.9. The zero-order valence-electron chi connectivity index (χ0n) is 15.8. The molecule has 160 valence electrons. The van der Waals surface area contributed by atoms with Crippen LogP contribution < -0.4 is 5.32 Å². The topological polar surface area (TPSA) is 174 Å². The van der Waals surface area contributed by atoms with E-state index in [4.69, 9.17) is 4.74 Å². The van der Waals surface area contributed by atoms with Gasteiger partial charge in [0.05, 0.1) is 4.92 Å². The maximum atomic E-state index is 12.6. The number of hydrogen-bond donors (Lipinski definition) is 2. The van der Waals surface area contributed by atoms with E-state index in [2.05, 4.69) is 10.4 Å². The summed E-state index contributed by atoms with van der Waals surface area (Å²) in [6.07, 6.45) is 2.10. The lowest BCUT2D eigenvalue weighted by atomic mass is 10.0. The average molecular weight is 439 g/mol. The van der Waals surface area contributed by atoms with Gasteiger partial charge in [-0.1, -0.05) is 0 Å². The molecular formula is C16H17N5O8S. The first-order valence-corrected chi connectivity index (χ1v) is 9.69. The predicted molar refractivity (Wildman–Crippen MR) is 99.9 cm³/mol. The zero-order chi connectivity index (χ0) is 22.2. The van der Waals surface area contributed by atoms with Crippen LogP contribution in [0.25, 0.3) is 0 Å². The molecule has 0 radical (unpaired) electrons. The standard InChI is InChI=1S/C16H17N5O8S/c1-7(19-4-10(3-17-19)21(27)28)13(23)18-11-14(24)20-12(16(25)26)9(5-29-8(2)22)6-30-15(11)20/h3-4,7,11,15H,5-6H2,1-2H3,(H,18,23)(H,25,26)/t7-,11-,15-/m1/s1. The van der Waals surface area contributed by atoms with Crippen LogP contribution in [0.3, 0.4) is 0 Å². The number of carbonyl (C=O) groups is 4. The first-order valence-electron chi connectivity index (χ1n) is 8.64. The van der Waals surface area contributed by atoms with Crippen molar-refractivity contribution in [1.29, 1.82) is 0 Å². The number of fused-ring (bicyclic) bond motifs is 1. The molecule has 2 aliphatic heterocycles. The van der Waals surface area contributed by atoms with Crippen molar-refractivity contribution in [3.05, 3.63) is 33.8 Å². The third kappa shape index (κ3) is 3.85. The normalized spacial score (nSPS) is 21.4. The van der Waals surface area contributed by atoms with Crippen molar-refractivity contribution in [2.45, 2.75) is 31.3 Å². The number of carbonyl (C=O) groups excluding carboxylic acids is 3. The number of aliphatic carboxylic acids is 1. The van der Waals surface area contributed by atoms with Crippen molar-refractivity contribution in [2.24, 2.45) is 0 Å². The van der Waals surface area contributed by atoms with E-state index in [0.717, 1.165) is 22.0 Å². The molecule has 0 aromatic carbocycles. The molecule has 3 heterocycles. The molecule has 3 rings (SSSR count). The van der Waals surface area contributed by atoms with Crippen LogP contribution in [-0.2, 0) is 23.9 Å². The highest BCUT2D eigenvalue weighted by atomic mass is 32.2. The predicted octanol–water partition coefficient (Wildman–Crippen LogP) is -0.346. The summed E-state index contributed by atoms with van der Waals surface area (Å²) in [7, 11) is 0. The maximum Gasteiger partial charge on any atom is 0.352 e. The molecule has 0 aliphatic carbocycles. The van der Waals surface area contributed by atoms with Crippen LogP contribution >= 0.6 is 11.8 Å². The Morgan fingerprint density at radius 2 is 2.20 bits per heavy atom. The monoisotopic (exact) mass is 439 g/mol. The summed E-state index contributed by atoms with van der Waals surface area (Å²) in [5.41, 5.74) is -0.250. The van der Waals surface area contributed by atoms with Crippen LogP contribution in [0.2, 0.25) is 0 Å². The third-order valence-corrected chi connectivity index (χ3v) is 5.91. The van der Waals surface area contributed by atoms with Crippen molar-refractivity contribution in [1.82, 2.24) is 20.0 Å². The number of nitro groups is 1. The number of hydrogen-bond acceptors (Lipinski definition) is 9. The van der Waals surface area contributed by atoms with Crippen LogP contribution in [0, 0.1) is 10.1 Å². The quantitative estimate of drug-likeness (QED) is 0.247. The van der Waals surface area contributed by atoms with Gasteiger partial charge >= 0.3 is 17.6 Å². The van der Waals surface area contributed by atoms with Crippen molar-refractivity contribution in [2.75, 3.05) is 12.4 Å². The highest BCUT2D eigenvalue weighted by Gasteiger charge is 2.54. The van der Waals surface area contributed by atoms with Crippen LogP contribution in [0.4, 0.5) is 5.69 Å². The maximum absolute atomic E-state index is 12.6. The summed E-state index contributed by atoms with van der Waals surface area (Å²) in [6.45, 7) is 2.41. The van der Waals surface area contributed by atoms with Gasteiger partial charge in [-0.05, 0) is 6.92 Å². The minimum atomic E-state index is -1.34. The second-order valence-electron chi connectivity index (χ2n) is 6.55. The minimum absolute atomic E-state index is 0.205. The molecule has 0 unspecified atom stereocenters. The highest BCUT2D eigenvalue weighted by Crippen LogP contribution is 2.40. The van der Waals surface area contributed by atoms with E-state index < -0.39 is 46.1 Å². The van der Waals surface area contributed by atoms with Gasteiger partial charge < -0.3 is 15.2 Å². The highest BCUT2D eigenvalue weighted by molar-refractivity contribution is 8.00. The molecular weight excluding hydrogens is 422 g/mol. The van der Waals surface area contributed by atoms with Gasteiger partial charge in [0.25, 0.3) is 5.91 Å². The molecule has 0 spiro atoms. The number of aromatic nitrogens is 2. The Hall–Kier alpha value is -3.42. The first kappa shape index (κ1) is 21.3. The molecule has 2 N–H and O–H groups in total. The molecule has 1 fully saturated rings. The number of nitrogens with one attached hydrogen (secondary N) is 1. The van der Waals surface area contributed by atoms with Crippen molar-refractivity contribution in [3.63, 3.8) is 0 Å². The van der Waals surface area contributed by atoms with E-state index in [0.29, 0.717) is 0 Å². The summed E-state index contributed by atoms with van der Waals surface area (Å²) >= 11 is 1.23. The van der Waals surface area contributed by atoms with E-state index in [1.165, 1.54) is 25.6 Å². The number of amides is 2. The van der Waals surface area contributed by atoms with Gasteiger partial charge in [-0.15, -0.1) is 11.8 Å². The number of nitrogens with zero attached hydrogens (tertiary/aromatic N) is 4. The summed E-state index contributed by atoms with van der Waals surface area (Å²) < 4.78 is 5.96. The Bertz CT molecular complexity index is 973. The van der Waals surface area contributed by atoms with Gasteiger partial charge in [-0.25, -0.2) is 4.79 Å². The summed E-state index contributed by atoms with van der Waals surface area (Å²) in [5, 5.41) is 26.0. The molecule has 3 atom stereocenters. The number of β-lactam (4-membered cyclic amide) rings is 1. The van der Waals surface area contributed by atoms with E-state index in [9.17, 15) is 34.4 Å². The largest absolute Gasteiger partial charge is 0.477 e. The molecule has 0 bridgehead atoms. The van der Waals surface area contributed by atoms with Gasteiger partial charge in [0, 0.05) is 18.2 Å². The lowest BCUT2D eigenvalue weighted by Gasteiger charge is -2.49. The number of esters is 1. The number of thioether (sulfide) groups is 1. The molecule has 14 heteroatoms. The molecule has 0 saturated carbocycles. The van der Waals surface area contributed by atoms with E-state index in [-0.39, 0.29) is 29.3 Å². The molecule has 13 nitrogen and oxygen atoms in total. The Labute approximate surface area is 173 Å². The molecule has 1 aromatic heterocycles. The summed E-state index contributed by atoms with van der Waals surface area (Å²) in [5.74, 6) is -2.92. The Kier molecular flexibility index (Phi) is 5.78. The number of ether oxygens (including phenoxy) is 1. The number of carboxylic acids is 1. The SMILES string of the molecule is CC(=O)OCC1=C(C(=O)O)N2C(=O)[C@@H](NC(=O)[C@@H](C)n3cc([N+](=O)[O-])cn3)[C@H]2SC1. The molecule has 2 amide bonds. The van der Waals surface area contributed by atoms with Crippen LogP contribution in [0.5, 0.6) is 0 Å². The number of carboxylic acid groups (broad SMARTS) is 1. The van der Waals surface area contributed by atoms with Crippen molar-refractivity contribution >= 4 is 41.2 Å². The fourth-order valence-electron chi connectivity index (χ4n) is 3.01. The molecule has 2 aliphatic rings. The Morgan fingerprint density at radius 3 is 2.77 bits per heavy atom. The number of rotatable bonds is 7. The summed E-state index contributed by atoms with van der Waals surface area (Å²) in [6, 6.07) is -1.89. The van der Waals surface area contributed by atoms with Gasteiger partial charge in [0.15, 0.2) is 0 Å². The zero-order valence-corrected chi connectivity index (χ0v) is 16.6. The Morgan fingerprint density at radius 1 is 1.50 bits per heavy atom. The molecule has 1 aromatic rings. The van der Waals surface area contributed by atoms with E-state index >= 15 is 0 Å². The fourth-order valence-corrected chi connectivity index (χ4v) is 4.34. The Balaban J connectivity index is 1.71. The van der Waals surface area contributed by atoms with Crippen molar-refractivity contribution < 1.29 is 33.9 Å². The second kappa shape index (κ2) is 8.14. The lowest BCUT2D eigenvalue weighted by Crippen LogP contribution is -2.71. The van der Waals surface area contributed by atoms with E-state index in [1.807, 2.05) is 0 Å². The first-order chi connectivity index (χ1) is 14.1. The second-order valence-corrected chi connectivity index (χ2v) is 7.65. The third-order valence-electron chi connectivity index (χ3n) is 4.57. The lowest BCUT2D eigenvalue weighted by molar-refractivity contribution is -0.385. The van der Waals surface area contributed by atoms with Gasteiger partial charge in [0.1, 0.15) is 42.2 Å². The van der Waals surface area contributed by atoms with Crippen LogP contribution in [0.15, 0.2) is 23.7 Å². The fraction of sp³-hybridized carbons (Fsp3) is 0.438. The van der Waals surface area contributed by atoms with Gasteiger partial charge in [0.2, 0.25) is 5.91 Å². The van der Waals surface area contributed by atoms with Gasteiger partial charge in [-0.3, -0.25) is 34.1 Å². The average Bonchev–Trinajstić information content (AvgIpc) is 3.19. The van der Waals surface area contributed by atoms with E-state index in [1.54, 1.807) is 0 Å².